The minimum atomic E-state index is -4.78. The Hall–Kier alpha value is -1.10. The minimum absolute atomic E-state index is 0.116. The smallest absolute Gasteiger partial charge is 0.403 e. The Morgan fingerprint density at radius 3 is 2.60 bits per heavy atom. The average molecular weight is 254 g/mol. The van der Waals surface area contributed by atoms with Crippen molar-refractivity contribution in [1.29, 1.82) is 0 Å². The van der Waals surface area contributed by atoms with Crippen molar-refractivity contribution in [3.63, 3.8) is 0 Å². The fourth-order valence-corrected chi connectivity index (χ4v) is 1.10. The van der Waals surface area contributed by atoms with Gasteiger partial charge >= 0.3 is 6.36 Å². The summed E-state index contributed by atoms with van der Waals surface area (Å²) in [5.74, 6) is -0.468. The van der Waals surface area contributed by atoms with Gasteiger partial charge < -0.3 is 4.74 Å². The zero-order chi connectivity index (χ0) is 11.5. The van der Waals surface area contributed by atoms with Gasteiger partial charge in [0.1, 0.15) is 5.69 Å². The van der Waals surface area contributed by atoms with E-state index < -0.39 is 12.1 Å². The van der Waals surface area contributed by atoms with E-state index in [1.54, 1.807) is 0 Å². The predicted octanol–water partition coefficient (Wildman–Crippen LogP) is 3.97. The van der Waals surface area contributed by atoms with Crippen molar-refractivity contribution in [2.45, 2.75) is 6.36 Å². The third-order valence-corrected chi connectivity index (χ3v) is 1.64. The summed E-state index contributed by atoms with van der Waals surface area (Å²) in [6.45, 7) is 0. The molecule has 0 aliphatic rings. The second-order valence-electron chi connectivity index (χ2n) is 2.36. The summed E-state index contributed by atoms with van der Waals surface area (Å²) in [5, 5.41) is 2.17. The van der Waals surface area contributed by atoms with E-state index in [9.17, 15) is 13.2 Å². The molecule has 1 rings (SSSR count). The molecule has 0 radical (unpaired) electrons. The van der Waals surface area contributed by atoms with Gasteiger partial charge in [-0.05, 0) is 30.4 Å². The number of rotatable bonds is 2. The van der Waals surface area contributed by atoms with E-state index in [0.717, 1.165) is 6.07 Å². The first-order valence-electron chi connectivity index (χ1n) is 3.55. The van der Waals surface area contributed by atoms with Gasteiger partial charge in [0.2, 0.25) is 0 Å². The highest BCUT2D eigenvalue weighted by atomic mass is 35.5. The van der Waals surface area contributed by atoms with E-state index in [0.29, 0.717) is 0 Å². The number of hydrogen-bond acceptors (Lipinski definition) is 3. The fourth-order valence-electron chi connectivity index (χ4n) is 0.838. The summed E-state index contributed by atoms with van der Waals surface area (Å²) in [7, 11) is 0. The molecule has 0 atom stereocenters. The fraction of sp³-hybridized carbons (Fsp3) is 0.125. The summed E-state index contributed by atoms with van der Waals surface area (Å²) in [6, 6.07) is 3.51. The van der Waals surface area contributed by atoms with Crippen molar-refractivity contribution >= 4 is 34.7 Å². The van der Waals surface area contributed by atoms with Crippen molar-refractivity contribution in [1.82, 2.24) is 0 Å². The van der Waals surface area contributed by atoms with Crippen LogP contribution in [-0.4, -0.2) is 11.5 Å². The Morgan fingerprint density at radius 2 is 2.07 bits per heavy atom. The van der Waals surface area contributed by atoms with E-state index in [1.807, 2.05) is 5.16 Å². The van der Waals surface area contributed by atoms with Crippen molar-refractivity contribution < 1.29 is 17.9 Å². The number of isothiocyanates is 1. The standard InChI is InChI=1S/C8H3ClF3NOS/c9-5-1-2-7(14-8(10,11)12)6(3-5)13-4-15/h1-3H. The highest BCUT2D eigenvalue weighted by Gasteiger charge is 2.32. The molecule has 0 N–H and O–H groups in total. The van der Waals surface area contributed by atoms with Gasteiger partial charge in [0.15, 0.2) is 5.75 Å². The monoisotopic (exact) mass is 253 g/mol. The summed E-state index contributed by atoms with van der Waals surface area (Å²) in [6.07, 6.45) is -4.78. The Kier molecular flexibility index (Phi) is 3.68. The van der Waals surface area contributed by atoms with Crippen LogP contribution in [0.3, 0.4) is 0 Å². The van der Waals surface area contributed by atoms with Crippen molar-refractivity contribution in [3.05, 3.63) is 23.2 Å². The summed E-state index contributed by atoms with van der Waals surface area (Å²) in [4.78, 5) is 3.41. The average Bonchev–Trinajstić information content (AvgIpc) is 2.08. The van der Waals surface area contributed by atoms with Crippen LogP contribution in [-0.2, 0) is 0 Å². The molecule has 80 valence electrons. The molecule has 0 aliphatic carbocycles. The molecule has 0 amide bonds. The summed E-state index contributed by atoms with van der Waals surface area (Å²) >= 11 is 9.85. The SMILES string of the molecule is FC(F)(F)Oc1ccc(Cl)cc1N=C=S. The highest BCUT2D eigenvalue weighted by molar-refractivity contribution is 7.78. The van der Waals surface area contributed by atoms with Gasteiger partial charge in [0.25, 0.3) is 0 Å². The van der Waals surface area contributed by atoms with Crippen LogP contribution >= 0.6 is 23.8 Å². The summed E-state index contributed by atoms with van der Waals surface area (Å²) in [5.41, 5.74) is -0.116. The lowest BCUT2D eigenvalue weighted by molar-refractivity contribution is -0.274. The van der Waals surface area contributed by atoms with Crippen LogP contribution in [0.25, 0.3) is 0 Å². The van der Waals surface area contributed by atoms with Gasteiger partial charge in [0, 0.05) is 5.02 Å². The maximum absolute atomic E-state index is 11.9. The third kappa shape index (κ3) is 3.87. The second-order valence-corrected chi connectivity index (χ2v) is 2.98. The quantitative estimate of drug-likeness (QED) is 0.587. The number of ether oxygens (including phenoxy) is 1. The van der Waals surface area contributed by atoms with Crippen molar-refractivity contribution in [2.24, 2.45) is 4.99 Å². The third-order valence-electron chi connectivity index (χ3n) is 1.31. The summed E-state index contributed by atoms with van der Waals surface area (Å²) < 4.78 is 39.5. The molecule has 0 spiro atoms. The molecule has 1 aromatic rings. The van der Waals surface area contributed by atoms with E-state index in [-0.39, 0.29) is 10.7 Å². The maximum atomic E-state index is 11.9. The second kappa shape index (κ2) is 4.61. The van der Waals surface area contributed by atoms with Crippen LogP contribution in [0.1, 0.15) is 0 Å². The zero-order valence-electron chi connectivity index (χ0n) is 7.01. The normalized spacial score (nSPS) is 10.7. The Bertz CT molecular complexity index is 415. The number of alkyl halides is 3. The first-order valence-corrected chi connectivity index (χ1v) is 4.34. The maximum Gasteiger partial charge on any atom is 0.573 e. The zero-order valence-corrected chi connectivity index (χ0v) is 8.58. The van der Waals surface area contributed by atoms with Crippen molar-refractivity contribution in [2.75, 3.05) is 0 Å². The van der Waals surface area contributed by atoms with Crippen LogP contribution in [0, 0.1) is 0 Å². The van der Waals surface area contributed by atoms with Crippen molar-refractivity contribution in [3.8, 4) is 5.75 Å². The number of benzene rings is 1. The van der Waals surface area contributed by atoms with E-state index in [4.69, 9.17) is 11.6 Å². The van der Waals surface area contributed by atoms with E-state index >= 15 is 0 Å². The predicted molar refractivity (Wildman–Crippen MR) is 52.8 cm³/mol. The van der Waals surface area contributed by atoms with Crippen LogP contribution in [0.2, 0.25) is 5.02 Å². The van der Waals surface area contributed by atoms with Gasteiger partial charge in [-0.2, -0.15) is 4.99 Å². The molecule has 0 unspecified atom stereocenters. The number of thiocarbonyl (C=S) groups is 1. The Morgan fingerprint density at radius 1 is 1.40 bits per heavy atom. The highest BCUT2D eigenvalue weighted by Crippen LogP contribution is 2.34. The molecular weight excluding hydrogens is 251 g/mol. The molecule has 0 heterocycles. The molecule has 0 saturated heterocycles. The number of halogens is 4. The van der Waals surface area contributed by atoms with Gasteiger partial charge in [-0.3, -0.25) is 0 Å². The molecule has 0 saturated carbocycles. The topological polar surface area (TPSA) is 21.6 Å². The first-order chi connectivity index (χ1) is 6.92. The van der Waals surface area contributed by atoms with Crippen LogP contribution in [0.15, 0.2) is 23.2 Å². The molecule has 0 bridgehead atoms. The molecule has 7 heteroatoms. The number of nitrogens with zero attached hydrogens (tertiary/aromatic N) is 1. The Balaban J connectivity index is 3.11. The molecule has 0 aliphatic heterocycles. The molecule has 0 aromatic heterocycles. The van der Waals surface area contributed by atoms with Crippen LogP contribution in [0.5, 0.6) is 5.75 Å². The number of aliphatic imine (C=N–C) groups is 1. The lowest BCUT2D eigenvalue weighted by Crippen LogP contribution is -2.17. The number of hydrogen-bond donors (Lipinski definition) is 0. The first kappa shape index (κ1) is 12.0. The van der Waals surface area contributed by atoms with Gasteiger partial charge in [0.05, 0.1) is 5.16 Å². The van der Waals surface area contributed by atoms with Gasteiger partial charge in [-0.15, -0.1) is 13.2 Å². The lowest BCUT2D eigenvalue weighted by Gasteiger charge is -2.10. The lowest BCUT2D eigenvalue weighted by atomic mass is 10.3. The van der Waals surface area contributed by atoms with Crippen LogP contribution in [0.4, 0.5) is 18.9 Å². The molecule has 2 nitrogen and oxygen atoms in total. The molecule has 0 fully saturated rings. The largest absolute Gasteiger partial charge is 0.573 e. The van der Waals surface area contributed by atoms with Gasteiger partial charge in [-0.25, -0.2) is 0 Å². The van der Waals surface area contributed by atoms with Crippen LogP contribution < -0.4 is 4.74 Å². The Labute approximate surface area is 93.3 Å². The van der Waals surface area contributed by atoms with Gasteiger partial charge in [-0.1, -0.05) is 11.6 Å². The molecule has 15 heavy (non-hydrogen) atoms. The minimum Gasteiger partial charge on any atom is -0.403 e. The molecule has 1 aromatic carbocycles. The molecular formula is C8H3ClF3NOS. The van der Waals surface area contributed by atoms with E-state index in [1.165, 1.54) is 12.1 Å². The van der Waals surface area contributed by atoms with E-state index in [2.05, 4.69) is 21.9 Å².